The minimum absolute atomic E-state index is 0.163. The molecule has 0 radical (unpaired) electrons. The zero-order valence-electron chi connectivity index (χ0n) is 9.00. The van der Waals surface area contributed by atoms with E-state index in [1.54, 1.807) is 0 Å². The van der Waals surface area contributed by atoms with E-state index in [0.717, 1.165) is 37.7 Å². The van der Waals surface area contributed by atoms with Gasteiger partial charge in [0.15, 0.2) is 0 Å². The molecule has 3 nitrogen and oxygen atoms in total. The zero-order valence-corrected chi connectivity index (χ0v) is 9.00. The van der Waals surface area contributed by atoms with Crippen molar-refractivity contribution in [2.24, 2.45) is 0 Å². The molecule has 3 heteroatoms. The van der Waals surface area contributed by atoms with E-state index in [1.807, 2.05) is 0 Å². The van der Waals surface area contributed by atoms with E-state index in [-0.39, 0.29) is 4.92 Å². The van der Waals surface area contributed by atoms with Crippen molar-refractivity contribution in [1.82, 2.24) is 0 Å². The van der Waals surface area contributed by atoms with Crippen LogP contribution in [0.4, 0.5) is 0 Å². The second-order valence-corrected chi connectivity index (χ2v) is 4.36. The second-order valence-electron chi connectivity index (χ2n) is 4.36. The molecule has 0 saturated heterocycles. The number of hydrogen-bond acceptors (Lipinski definition) is 2. The normalized spacial score (nSPS) is 22.5. The third-order valence-electron chi connectivity index (χ3n) is 3.34. The lowest BCUT2D eigenvalue weighted by molar-refractivity contribution is -0.429. The van der Waals surface area contributed by atoms with E-state index in [9.17, 15) is 10.1 Å². The Balaban J connectivity index is 2.29. The van der Waals surface area contributed by atoms with Crippen LogP contribution < -0.4 is 0 Å². The second kappa shape index (κ2) is 4.60. The first kappa shape index (κ1) is 10.4. The van der Waals surface area contributed by atoms with Gasteiger partial charge in [0, 0.05) is 12.0 Å². The van der Waals surface area contributed by atoms with Gasteiger partial charge in [0.25, 0.3) is 0 Å². The summed E-state index contributed by atoms with van der Waals surface area (Å²) in [7, 11) is 0. The van der Waals surface area contributed by atoms with Gasteiger partial charge in [-0.1, -0.05) is 6.08 Å². The maximum Gasteiger partial charge on any atom is 0.249 e. The number of rotatable bonds is 2. The molecule has 0 aromatic carbocycles. The molecular weight excluding hydrogens is 190 g/mol. The van der Waals surface area contributed by atoms with Crippen LogP contribution in [0.25, 0.3) is 0 Å². The molecule has 0 aromatic heterocycles. The predicted octanol–water partition coefficient (Wildman–Crippen LogP) is 3.59. The number of nitrogens with zero attached hydrogens (tertiary/aromatic N) is 1. The van der Waals surface area contributed by atoms with E-state index in [0.29, 0.717) is 12.1 Å². The van der Waals surface area contributed by atoms with Gasteiger partial charge < -0.3 is 0 Å². The highest BCUT2D eigenvalue weighted by atomic mass is 16.6. The summed E-state index contributed by atoms with van der Waals surface area (Å²) in [5.74, 6) is 0. The molecule has 0 atom stereocenters. The van der Waals surface area contributed by atoms with Crippen molar-refractivity contribution < 1.29 is 4.92 Å². The maximum atomic E-state index is 10.9. The van der Waals surface area contributed by atoms with Crippen molar-refractivity contribution in [3.05, 3.63) is 33.0 Å². The molecule has 0 amide bonds. The van der Waals surface area contributed by atoms with Crippen LogP contribution in [0, 0.1) is 10.1 Å². The topological polar surface area (TPSA) is 43.1 Å². The molecule has 2 aliphatic carbocycles. The summed E-state index contributed by atoms with van der Waals surface area (Å²) < 4.78 is 0. The minimum atomic E-state index is -0.163. The summed E-state index contributed by atoms with van der Waals surface area (Å²) in [5.41, 5.74) is 2.83. The molecular formula is C12H17NO2. The van der Waals surface area contributed by atoms with Crippen LogP contribution in [0.1, 0.15) is 51.4 Å². The Hall–Kier alpha value is -1.12. The summed E-state index contributed by atoms with van der Waals surface area (Å²) in [6, 6.07) is 0. The SMILES string of the molecule is O=[N+]([O-])C1=C(C2=CCCCC2)CCCC1. The molecule has 0 N–H and O–H groups in total. The van der Waals surface area contributed by atoms with E-state index >= 15 is 0 Å². The molecule has 0 unspecified atom stereocenters. The van der Waals surface area contributed by atoms with Crippen LogP contribution >= 0.6 is 0 Å². The maximum absolute atomic E-state index is 10.9. The molecule has 0 aliphatic heterocycles. The number of nitro groups is 1. The van der Waals surface area contributed by atoms with E-state index < -0.39 is 0 Å². The average molecular weight is 207 g/mol. The van der Waals surface area contributed by atoms with Crippen LogP contribution in [0.3, 0.4) is 0 Å². The van der Waals surface area contributed by atoms with Crippen LogP contribution in [-0.4, -0.2) is 4.92 Å². The molecule has 2 rings (SSSR count). The first-order valence-electron chi connectivity index (χ1n) is 5.85. The van der Waals surface area contributed by atoms with Gasteiger partial charge >= 0.3 is 0 Å². The van der Waals surface area contributed by atoms with Crippen LogP contribution in [0.15, 0.2) is 22.9 Å². The van der Waals surface area contributed by atoms with E-state index in [2.05, 4.69) is 6.08 Å². The predicted molar refractivity (Wildman–Crippen MR) is 59.0 cm³/mol. The lowest BCUT2D eigenvalue weighted by Gasteiger charge is -2.19. The van der Waals surface area contributed by atoms with Gasteiger partial charge in [0.1, 0.15) is 0 Å². The van der Waals surface area contributed by atoms with Crippen molar-refractivity contribution in [1.29, 1.82) is 0 Å². The first-order chi connectivity index (χ1) is 7.29. The molecule has 0 bridgehead atoms. The summed E-state index contributed by atoms with van der Waals surface area (Å²) in [6.45, 7) is 0. The molecule has 2 aliphatic rings. The fourth-order valence-corrected chi connectivity index (χ4v) is 2.55. The largest absolute Gasteiger partial charge is 0.259 e. The van der Waals surface area contributed by atoms with Crippen molar-refractivity contribution in [3.8, 4) is 0 Å². The van der Waals surface area contributed by atoms with Crippen molar-refractivity contribution in [3.63, 3.8) is 0 Å². The fourth-order valence-electron chi connectivity index (χ4n) is 2.55. The van der Waals surface area contributed by atoms with Gasteiger partial charge in [0.2, 0.25) is 5.70 Å². The van der Waals surface area contributed by atoms with Gasteiger partial charge in [-0.15, -0.1) is 0 Å². The molecule has 0 heterocycles. The third-order valence-corrected chi connectivity index (χ3v) is 3.34. The Morgan fingerprint density at radius 1 is 1.07 bits per heavy atom. The fraction of sp³-hybridized carbons (Fsp3) is 0.667. The Kier molecular flexibility index (Phi) is 3.19. The van der Waals surface area contributed by atoms with Gasteiger partial charge in [-0.25, -0.2) is 0 Å². The number of hydrogen-bond donors (Lipinski definition) is 0. The first-order valence-corrected chi connectivity index (χ1v) is 5.85. The highest BCUT2D eigenvalue weighted by Crippen LogP contribution is 2.34. The van der Waals surface area contributed by atoms with Gasteiger partial charge in [-0.05, 0) is 50.5 Å². The van der Waals surface area contributed by atoms with E-state index in [4.69, 9.17) is 0 Å². The Bertz CT molecular complexity index is 329. The van der Waals surface area contributed by atoms with Crippen molar-refractivity contribution in [2.45, 2.75) is 51.4 Å². The van der Waals surface area contributed by atoms with Gasteiger partial charge in [0.05, 0.1) is 4.92 Å². The molecule has 0 saturated carbocycles. The summed E-state index contributed by atoms with van der Waals surface area (Å²) in [6.07, 6.45) is 10.5. The van der Waals surface area contributed by atoms with Gasteiger partial charge in [-0.2, -0.15) is 0 Å². The van der Waals surface area contributed by atoms with Crippen LogP contribution in [-0.2, 0) is 0 Å². The summed E-state index contributed by atoms with van der Waals surface area (Å²) in [4.78, 5) is 10.8. The van der Waals surface area contributed by atoms with E-state index in [1.165, 1.54) is 18.4 Å². The average Bonchev–Trinajstić information content (AvgIpc) is 2.30. The molecule has 82 valence electrons. The quantitative estimate of drug-likeness (QED) is 0.513. The van der Waals surface area contributed by atoms with Gasteiger partial charge in [-0.3, -0.25) is 10.1 Å². The molecule has 15 heavy (non-hydrogen) atoms. The lowest BCUT2D eigenvalue weighted by Crippen LogP contribution is -2.10. The van der Waals surface area contributed by atoms with Crippen LogP contribution in [0.2, 0.25) is 0 Å². The smallest absolute Gasteiger partial charge is 0.249 e. The Morgan fingerprint density at radius 2 is 1.80 bits per heavy atom. The molecule has 0 spiro atoms. The van der Waals surface area contributed by atoms with Crippen LogP contribution in [0.5, 0.6) is 0 Å². The zero-order chi connectivity index (χ0) is 10.7. The molecule has 0 fully saturated rings. The summed E-state index contributed by atoms with van der Waals surface area (Å²) >= 11 is 0. The summed E-state index contributed by atoms with van der Waals surface area (Å²) in [5, 5.41) is 10.9. The Morgan fingerprint density at radius 3 is 2.47 bits per heavy atom. The number of allylic oxidation sites excluding steroid dienone is 4. The standard InChI is InChI=1S/C12H17NO2/c14-13(15)12-9-5-4-8-11(12)10-6-2-1-3-7-10/h6H,1-5,7-9H2. The minimum Gasteiger partial charge on any atom is -0.259 e. The van der Waals surface area contributed by atoms with Crippen molar-refractivity contribution in [2.75, 3.05) is 0 Å². The highest BCUT2D eigenvalue weighted by Gasteiger charge is 2.24. The van der Waals surface area contributed by atoms with Crippen molar-refractivity contribution >= 4 is 0 Å². The highest BCUT2D eigenvalue weighted by molar-refractivity contribution is 5.35. The third kappa shape index (κ3) is 2.28. The monoisotopic (exact) mass is 207 g/mol. The Labute approximate surface area is 90.0 Å². The molecule has 0 aromatic rings. The lowest BCUT2D eigenvalue weighted by atomic mass is 9.86.